The minimum atomic E-state index is -4.83. The SMILES string of the molecule is Cc1ccc2c(oc3c(F)c(C(F)(F)F)ccc32)c1F. The van der Waals surface area contributed by atoms with Gasteiger partial charge in [0.15, 0.2) is 22.8 Å². The first-order chi connectivity index (χ1) is 9.30. The van der Waals surface area contributed by atoms with E-state index in [1.165, 1.54) is 19.1 Å². The summed E-state index contributed by atoms with van der Waals surface area (Å²) in [5, 5.41) is 0.361. The van der Waals surface area contributed by atoms with Crippen molar-refractivity contribution in [2.75, 3.05) is 0 Å². The van der Waals surface area contributed by atoms with Crippen LogP contribution in [0.25, 0.3) is 21.9 Å². The van der Waals surface area contributed by atoms with Gasteiger partial charge in [-0.1, -0.05) is 12.1 Å². The normalized spacial score (nSPS) is 12.5. The van der Waals surface area contributed by atoms with Gasteiger partial charge in [-0.15, -0.1) is 0 Å². The van der Waals surface area contributed by atoms with Crippen LogP contribution in [0.2, 0.25) is 0 Å². The van der Waals surface area contributed by atoms with Crippen LogP contribution in [-0.4, -0.2) is 0 Å². The van der Waals surface area contributed by atoms with E-state index in [1.807, 2.05) is 0 Å². The number of alkyl halides is 3. The smallest absolute Gasteiger partial charge is 0.419 e. The predicted octanol–water partition coefficient (Wildman–Crippen LogP) is 5.19. The fourth-order valence-electron chi connectivity index (χ4n) is 2.16. The minimum Gasteiger partial charge on any atom is -0.450 e. The number of benzene rings is 2. The fourth-order valence-corrected chi connectivity index (χ4v) is 2.16. The van der Waals surface area contributed by atoms with E-state index in [1.54, 1.807) is 0 Å². The van der Waals surface area contributed by atoms with Crippen molar-refractivity contribution >= 4 is 21.9 Å². The summed E-state index contributed by atoms with van der Waals surface area (Å²) >= 11 is 0. The molecule has 1 heterocycles. The Balaban J connectivity index is 2.45. The zero-order valence-electron chi connectivity index (χ0n) is 10.1. The van der Waals surface area contributed by atoms with Gasteiger partial charge in [-0.25, -0.2) is 8.78 Å². The molecule has 1 nitrogen and oxygen atoms in total. The molecule has 0 amide bonds. The highest BCUT2D eigenvalue weighted by Crippen LogP contribution is 2.38. The van der Waals surface area contributed by atoms with E-state index in [4.69, 9.17) is 4.42 Å². The van der Waals surface area contributed by atoms with Crippen molar-refractivity contribution in [3.05, 3.63) is 47.0 Å². The van der Waals surface area contributed by atoms with E-state index in [0.717, 1.165) is 6.07 Å². The Kier molecular flexibility index (Phi) is 2.54. The second kappa shape index (κ2) is 3.94. The molecule has 0 saturated carbocycles. The Hall–Kier alpha value is -2.11. The molecule has 0 aliphatic heterocycles. The first-order valence-corrected chi connectivity index (χ1v) is 5.67. The summed E-state index contributed by atoms with van der Waals surface area (Å²) in [5.41, 5.74) is -1.98. The summed E-state index contributed by atoms with van der Waals surface area (Å²) in [6, 6.07) is 4.67. The fraction of sp³-hybridized carbons (Fsp3) is 0.143. The maximum atomic E-state index is 13.9. The summed E-state index contributed by atoms with van der Waals surface area (Å²) in [6.07, 6.45) is -4.83. The summed E-state index contributed by atoms with van der Waals surface area (Å²) in [6.45, 7) is 1.49. The van der Waals surface area contributed by atoms with Crippen molar-refractivity contribution in [1.82, 2.24) is 0 Å². The van der Waals surface area contributed by atoms with Crippen LogP contribution in [0, 0.1) is 18.6 Å². The number of rotatable bonds is 0. The van der Waals surface area contributed by atoms with Crippen molar-refractivity contribution in [3.8, 4) is 0 Å². The average molecular weight is 286 g/mol. The van der Waals surface area contributed by atoms with E-state index in [0.29, 0.717) is 6.07 Å². The van der Waals surface area contributed by atoms with Crippen molar-refractivity contribution in [2.24, 2.45) is 0 Å². The quantitative estimate of drug-likeness (QED) is 0.518. The molecule has 0 fully saturated rings. The molecule has 0 radical (unpaired) electrons. The Morgan fingerprint density at radius 3 is 2.00 bits per heavy atom. The Morgan fingerprint density at radius 2 is 1.40 bits per heavy atom. The third-order valence-corrected chi connectivity index (χ3v) is 3.19. The van der Waals surface area contributed by atoms with Crippen LogP contribution >= 0.6 is 0 Å². The number of hydrogen-bond acceptors (Lipinski definition) is 1. The molecule has 0 aliphatic rings. The molecule has 0 bridgehead atoms. The third kappa shape index (κ3) is 1.67. The molecule has 0 aliphatic carbocycles. The van der Waals surface area contributed by atoms with Gasteiger partial charge >= 0.3 is 6.18 Å². The number of halogens is 5. The maximum Gasteiger partial charge on any atom is 0.419 e. The Morgan fingerprint density at radius 1 is 0.850 bits per heavy atom. The molecule has 0 N–H and O–H groups in total. The van der Waals surface area contributed by atoms with Crippen LogP contribution in [0.1, 0.15) is 11.1 Å². The van der Waals surface area contributed by atoms with Crippen LogP contribution in [0.15, 0.2) is 28.7 Å². The second-order valence-corrected chi connectivity index (χ2v) is 4.48. The molecule has 3 rings (SSSR count). The second-order valence-electron chi connectivity index (χ2n) is 4.48. The van der Waals surface area contributed by atoms with Crippen LogP contribution in [-0.2, 0) is 6.18 Å². The first kappa shape index (κ1) is 12.9. The molecule has 2 aromatic carbocycles. The number of aryl methyl sites for hydroxylation is 1. The first-order valence-electron chi connectivity index (χ1n) is 5.67. The molecular formula is C14H7F5O. The predicted molar refractivity (Wildman–Crippen MR) is 63.4 cm³/mol. The molecule has 0 atom stereocenters. The lowest BCUT2D eigenvalue weighted by Crippen LogP contribution is -2.07. The van der Waals surface area contributed by atoms with Gasteiger partial charge in [0.05, 0.1) is 5.56 Å². The van der Waals surface area contributed by atoms with Gasteiger partial charge in [0.2, 0.25) is 0 Å². The van der Waals surface area contributed by atoms with E-state index >= 15 is 0 Å². The van der Waals surface area contributed by atoms with Crippen LogP contribution in [0.3, 0.4) is 0 Å². The lowest BCUT2D eigenvalue weighted by molar-refractivity contribution is -0.139. The zero-order valence-corrected chi connectivity index (χ0v) is 10.1. The molecule has 3 aromatic rings. The molecular weight excluding hydrogens is 279 g/mol. The third-order valence-electron chi connectivity index (χ3n) is 3.19. The van der Waals surface area contributed by atoms with Gasteiger partial charge in [-0.2, -0.15) is 13.2 Å². The lowest BCUT2D eigenvalue weighted by atomic mass is 10.1. The topological polar surface area (TPSA) is 13.1 Å². The summed E-state index contributed by atoms with van der Waals surface area (Å²) < 4.78 is 70.6. The summed E-state index contributed by atoms with van der Waals surface area (Å²) in [5.74, 6) is -2.23. The average Bonchev–Trinajstić information content (AvgIpc) is 2.73. The zero-order chi connectivity index (χ0) is 14.7. The van der Waals surface area contributed by atoms with Gasteiger partial charge in [-0.3, -0.25) is 0 Å². The van der Waals surface area contributed by atoms with Gasteiger partial charge in [0, 0.05) is 10.8 Å². The van der Waals surface area contributed by atoms with Gasteiger partial charge in [0.1, 0.15) is 0 Å². The largest absolute Gasteiger partial charge is 0.450 e. The van der Waals surface area contributed by atoms with Crippen molar-refractivity contribution in [3.63, 3.8) is 0 Å². The highest BCUT2D eigenvalue weighted by atomic mass is 19.4. The highest BCUT2D eigenvalue weighted by Gasteiger charge is 2.35. The highest BCUT2D eigenvalue weighted by molar-refractivity contribution is 6.05. The minimum absolute atomic E-state index is 0.115. The molecule has 104 valence electrons. The van der Waals surface area contributed by atoms with Crippen molar-refractivity contribution in [1.29, 1.82) is 0 Å². The van der Waals surface area contributed by atoms with Crippen molar-refractivity contribution < 1.29 is 26.4 Å². The summed E-state index contributed by atoms with van der Waals surface area (Å²) in [7, 11) is 0. The van der Waals surface area contributed by atoms with Crippen molar-refractivity contribution in [2.45, 2.75) is 13.1 Å². The van der Waals surface area contributed by atoms with Gasteiger partial charge in [-0.05, 0) is 24.6 Å². The van der Waals surface area contributed by atoms with Gasteiger partial charge < -0.3 is 4.42 Å². The van der Waals surface area contributed by atoms with E-state index < -0.39 is 29.0 Å². The monoisotopic (exact) mass is 286 g/mol. The summed E-state index contributed by atoms with van der Waals surface area (Å²) in [4.78, 5) is 0. The number of fused-ring (bicyclic) bond motifs is 3. The Bertz CT molecular complexity index is 829. The molecule has 0 saturated heterocycles. The standard InChI is InChI=1S/C14H7F5O/c1-6-2-3-7-8-4-5-9(14(17,18)19)11(16)13(8)20-12(7)10(6)15/h2-5H,1H3. The number of furan rings is 1. The van der Waals surface area contributed by atoms with E-state index in [-0.39, 0.29) is 21.9 Å². The van der Waals surface area contributed by atoms with E-state index in [9.17, 15) is 22.0 Å². The van der Waals surface area contributed by atoms with Gasteiger partial charge in [0.25, 0.3) is 0 Å². The molecule has 0 unspecified atom stereocenters. The molecule has 6 heteroatoms. The van der Waals surface area contributed by atoms with Crippen LogP contribution in [0.4, 0.5) is 22.0 Å². The van der Waals surface area contributed by atoms with Crippen LogP contribution < -0.4 is 0 Å². The molecule has 0 spiro atoms. The lowest BCUT2D eigenvalue weighted by Gasteiger charge is -2.07. The number of hydrogen-bond donors (Lipinski definition) is 0. The molecule has 20 heavy (non-hydrogen) atoms. The maximum absolute atomic E-state index is 13.9. The molecule has 1 aromatic heterocycles. The van der Waals surface area contributed by atoms with Crippen LogP contribution in [0.5, 0.6) is 0 Å². The van der Waals surface area contributed by atoms with E-state index in [2.05, 4.69) is 0 Å². The Labute approximate surface area is 109 Å².